The molecule has 2 aromatic heterocycles. The Balaban J connectivity index is 1.61. The fraction of sp³-hybridized carbons (Fsp3) is 0.292. The van der Waals surface area contributed by atoms with Crippen molar-refractivity contribution in [2.24, 2.45) is 0 Å². The van der Waals surface area contributed by atoms with Gasteiger partial charge < -0.3 is 26.0 Å². The van der Waals surface area contributed by atoms with Crippen molar-refractivity contribution >= 4 is 11.6 Å². The van der Waals surface area contributed by atoms with Gasteiger partial charge in [-0.1, -0.05) is 24.3 Å². The van der Waals surface area contributed by atoms with Crippen LogP contribution in [0.25, 0.3) is 11.1 Å². The molecule has 0 bridgehead atoms. The highest BCUT2D eigenvalue weighted by molar-refractivity contribution is 5.65. The van der Waals surface area contributed by atoms with E-state index in [1.807, 2.05) is 36.4 Å². The van der Waals surface area contributed by atoms with Crippen LogP contribution < -0.4 is 11.1 Å². The van der Waals surface area contributed by atoms with Crippen LogP contribution in [0.2, 0.25) is 0 Å². The summed E-state index contributed by atoms with van der Waals surface area (Å²) >= 11 is 0. The predicted octanol–water partition coefficient (Wildman–Crippen LogP) is 2.57. The lowest BCUT2D eigenvalue weighted by atomic mass is 9.72. The zero-order chi connectivity index (χ0) is 22.6. The number of nitrogens with one attached hydrogen (secondary N) is 1. The molecular formula is C24H25N5O3. The zero-order valence-corrected chi connectivity index (χ0v) is 17.5. The quantitative estimate of drug-likeness (QED) is 0.437. The first kappa shape index (κ1) is 21.7. The molecule has 0 saturated carbocycles. The molecule has 8 nitrogen and oxygen atoms in total. The number of rotatable bonds is 6. The molecule has 164 valence electrons. The van der Waals surface area contributed by atoms with Gasteiger partial charge in [0.1, 0.15) is 23.9 Å². The number of nitrogen functional groups attached to an aromatic ring is 1. The highest BCUT2D eigenvalue weighted by Gasteiger charge is 2.41. The monoisotopic (exact) mass is 431 g/mol. The topological polar surface area (TPSA) is 137 Å². The number of nitriles is 1. The molecule has 4 rings (SSSR count). The highest BCUT2D eigenvalue weighted by atomic mass is 16.5. The first-order chi connectivity index (χ1) is 15.6. The Morgan fingerprint density at radius 1 is 1.09 bits per heavy atom. The van der Waals surface area contributed by atoms with Gasteiger partial charge in [-0.15, -0.1) is 0 Å². The molecule has 0 amide bonds. The van der Waals surface area contributed by atoms with Gasteiger partial charge in [-0.2, -0.15) is 5.26 Å². The number of nitrogens with two attached hydrogens (primary N) is 1. The smallest absolute Gasteiger partial charge is 0.135 e. The van der Waals surface area contributed by atoms with Crippen LogP contribution in [0.4, 0.5) is 11.6 Å². The lowest BCUT2D eigenvalue weighted by molar-refractivity contribution is -0.00504. The maximum Gasteiger partial charge on any atom is 0.135 e. The summed E-state index contributed by atoms with van der Waals surface area (Å²) < 4.78 is 5.57. The van der Waals surface area contributed by atoms with Gasteiger partial charge in [-0.05, 0) is 42.2 Å². The summed E-state index contributed by atoms with van der Waals surface area (Å²) in [5, 5.41) is 32.7. The third kappa shape index (κ3) is 4.27. The number of hydrogen-bond acceptors (Lipinski definition) is 8. The summed E-state index contributed by atoms with van der Waals surface area (Å²) in [6.45, 7) is 0.918. The third-order valence-electron chi connectivity index (χ3n) is 6.05. The van der Waals surface area contributed by atoms with Gasteiger partial charge >= 0.3 is 0 Å². The van der Waals surface area contributed by atoms with Crippen LogP contribution in [0, 0.1) is 11.3 Å². The van der Waals surface area contributed by atoms with E-state index in [1.165, 1.54) is 6.20 Å². The van der Waals surface area contributed by atoms with Crippen molar-refractivity contribution in [2.75, 3.05) is 24.3 Å². The van der Waals surface area contributed by atoms with Gasteiger partial charge in [0.15, 0.2) is 0 Å². The summed E-state index contributed by atoms with van der Waals surface area (Å²) in [6.07, 6.45) is 3.56. The van der Waals surface area contributed by atoms with Crippen molar-refractivity contribution in [3.05, 3.63) is 71.5 Å². The van der Waals surface area contributed by atoms with E-state index in [-0.39, 0.29) is 6.61 Å². The van der Waals surface area contributed by atoms with Crippen LogP contribution in [-0.2, 0) is 16.8 Å². The number of nitrogens with zero attached hydrogens (tertiary/aromatic N) is 3. The second kappa shape index (κ2) is 9.32. The zero-order valence-electron chi connectivity index (χ0n) is 17.5. The highest BCUT2D eigenvalue weighted by Crippen LogP contribution is 2.39. The van der Waals surface area contributed by atoms with Crippen molar-refractivity contribution < 1.29 is 14.9 Å². The number of pyridine rings is 2. The number of aliphatic hydroxyl groups excluding tert-OH is 2. The second-order valence-corrected chi connectivity index (χ2v) is 7.86. The molecule has 3 aromatic rings. The van der Waals surface area contributed by atoms with Crippen molar-refractivity contribution in [1.29, 1.82) is 5.26 Å². The van der Waals surface area contributed by atoms with Crippen LogP contribution in [-0.4, -0.2) is 39.6 Å². The molecule has 1 aliphatic rings. The summed E-state index contributed by atoms with van der Waals surface area (Å²) in [7, 11) is 0. The average molecular weight is 431 g/mol. The van der Waals surface area contributed by atoms with Gasteiger partial charge in [-0.3, -0.25) is 0 Å². The molecule has 32 heavy (non-hydrogen) atoms. The van der Waals surface area contributed by atoms with E-state index >= 15 is 0 Å². The van der Waals surface area contributed by atoms with Crippen molar-refractivity contribution in [2.45, 2.75) is 31.1 Å². The molecule has 0 spiro atoms. The van der Waals surface area contributed by atoms with Crippen LogP contribution in [0.5, 0.6) is 0 Å². The minimum atomic E-state index is -0.892. The Hall–Kier alpha value is -3.51. The van der Waals surface area contributed by atoms with Gasteiger partial charge in [0, 0.05) is 42.1 Å². The minimum Gasteiger partial charge on any atom is -0.392 e. The summed E-state index contributed by atoms with van der Waals surface area (Å²) in [5.41, 5.74) is 9.07. The molecule has 5 N–H and O–H groups in total. The van der Waals surface area contributed by atoms with Crippen LogP contribution in [0.3, 0.4) is 0 Å². The molecule has 1 aliphatic heterocycles. The average Bonchev–Trinajstić information content (AvgIpc) is 2.85. The summed E-state index contributed by atoms with van der Waals surface area (Å²) in [5.74, 6) is 0.822. The van der Waals surface area contributed by atoms with E-state index in [9.17, 15) is 10.2 Å². The first-order valence-electron chi connectivity index (χ1n) is 10.4. The Morgan fingerprint density at radius 3 is 2.47 bits per heavy atom. The van der Waals surface area contributed by atoms with E-state index < -0.39 is 11.6 Å². The van der Waals surface area contributed by atoms with E-state index in [0.29, 0.717) is 48.8 Å². The Kier molecular flexibility index (Phi) is 6.32. The molecule has 8 heteroatoms. The van der Waals surface area contributed by atoms with Crippen LogP contribution >= 0.6 is 0 Å². The molecule has 0 radical (unpaired) electrons. The van der Waals surface area contributed by atoms with Crippen LogP contribution in [0.1, 0.15) is 29.5 Å². The number of hydrogen-bond donors (Lipinski definition) is 4. The Bertz CT molecular complexity index is 1100. The van der Waals surface area contributed by atoms with Crippen molar-refractivity contribution in [1.82, 2.24) is 9.97 Å². The number of benzene rings is 1. The maximum absolute atomic E-state index is 11.2. The molecule has 1 unspecified atom stereocenters. The van der Waals surface area contributed by atoms with E-state index in [4.69, 9.17) is 15.7 Å². The van der Waals surface area contributed by atoms with E-state index in [2.05, 4.69) is 15.3 Å². The molecule has 1 aromatic carbocycles. The minimum absolute atomic E-state index is 0.172. The molecule has 1 atom stereocenters. The molecular weight excluding hydrogens is 406 g/mol. The molecule has 1 saturated heterocycles. The normalized spacial score (nSPS) is 16.2. The van der Waals surface area contributed by atoms with Crippen molar-refractivity contribution in [3.8, 4) is 17.2 Å². The van der Waals surface area contributed by atoms with Gasteiger partial charge in [0.2, 0.25) is 0 Å². The van der Waals surface area contributed by atoms with E-state index in [1.54, 1.807) is 18.3 Å². The SMILES string of the molecule is N#Cc1ccc(NC(O)C2(c3ccc(-c4cnc(N)c(CO)c4)cc3)CCOCC2)nc1. The number of aliphatic hydroxyl groups is 2. The Labute approximate surface area is 186 Å². The fourth-order valence-corrected chi connectivity index (χ4v) is 4.08. The first-order valence-corrected chi connectivity index (χ1v) is 10.4. The van der Waals surface area contributed by atoms with Gasteiger partial charge in [0.05, 0.1) is 12.2 Å². The lowest BCUT2D eigenvalue weighted by Gasteiger charge is -2.41. The number of ether oxygens (including phenoxy) is 1. The van der Waals surface area contributed by atoms with Gasteiger partial charge in [-0.25, -0.2) is 9.97 Å². The second-order valence-electron chi connectivity index (χ2n) is 7.86. The lowest BCUT2D eigenvalue weighted by Crippen LogP contribution is -2.48. The van der Waals surface area contributed by atoms with E-state index in [0.717, 1.165) is 16.7 Å². The summed E-state index contributed by atoms with van der Waals surface area (Å²) in [4.78, 5) is 8.39. The predicted molar refractivity (Wildman–Crippen MR) is 120 cm³/mol. The fourth-order valence-electron chi connectivity index (χ4n) is 4.08. The summed E-state index contributed by atoms with van der Waals surface area (Å²) in [6, 6.07) is 15.2. The molecule has 3 heterocycles. The van der Waals surface area contributed by atoms with Gasteiger partial charge in [0.25, 0.3) is 0 Å². The number of aromatic nitrogens is 2. The standard InChI is InChI=1S/C24H25N5O3/c25-12-16-1-6-21(27-13-16)29-23(31)24(7-9-32-10-8-24)20-4-2-17(3-5-20)18-11-19(15-30)22(26)28-14-18/h1-6,11,13-14,23,30-31H,7-10,15H2,(H2,26,28)(H,27,29). The maximum atomic E-state index is 11.2. The van der Waals surface area contributed by atoms with Crippen LogP contribution in [0.15, 0.2) is 54.9 Å². The molecule has 0 aliphatic carbocycles. The third-order valence-corrected chi connectivity index (χ3v) is 6.05. The largest absolute Gasteiger partial charge is 0.392 e. The Morgan fingerprint density at radius 2 is 1.84 bits per heavy atom. The van der Waals surface area contributed by atoms with Crippen molar-refractivity contribution in [3.63, 3.8) is 0 Å². The molecule has 1 fully saturated rings. The number of anilines is 2.